The van der Waals surface area contributed by atoms with Gasteiger partial charge in [0.15, 0.2) is 5.82 Å². The molecule has 3 aliphatic heterocycles. The van der Waals surface area contributed by atoms with Crippen LogP contribution in [0.2, 0.25) is 5.02 Å². The molecule has 2 N–H and O–H groups in total. The van der Waals surface area contributed by atoms with Crippen molar-refractivity contribution in [1.29, 1.82) is 0 Å². The van der Waals surface area contributed by atoms with Crippen molar-refractivity contribution in [2.45, 2.75) is 18.9 Å². The van der Waals surface area contributed by atoms with Gasteiger partial charge in [-0.1, -0.05) is 11.6 Å². The number of carbonyl (C=O) groups is 1. The fourth-order valence-corrected chi connectivity index (χ4v) is 5.02. The third-order valence-corrected chi connectivity index (χ3v) is 6.66. The summed E-state index contributed by atoms with van der Waals surface area (Å²) in [6.07, 6.45) is 2.31. The number of benzene rings is 1. The Morgan fingerprint density at radius 2 is 2.08 bits per heavy atom. The third kappa shape index (κ3) is 3.91. The van der Waals surface area contributed by atoms with Crippen LogP contribution in [0.3, 0.4) is 0 Å². The van der Waals surface area contributed by atoms with E-state index in [0.29, 0.717) is 58.4 Å². The van der Waals surface area contributed by atoms with Gasteiger partial charge >= 0.3 is 11.8 Å². The van der Waals surface area contributed by atoms with Crippen molar-refractivity contribution in [3.8, 4) is 11.3 Å². The number of anilines is 1. The Bertz CT molecular complexity index is 1560. The lowest BCUT2D eigenvalue weighted by Gasteiger charge is -2.25. The maximum Gasteiger partial charge on any atom is 0.508 e. The molecule has 1 unspecified atom stereocenters. The standard InChI is InChI=1S/C23H20ClFN6O5/c24-15-6-16-13(8-27-30-16)17-12(15)2-1-4-35-23(33)36-11-9-31(3-5-34-10-11)21-14-7-26-20(17)18(25)19(14)28-22(32)29-21/h6-8,11H,1-5,9-10H2,(H,27,30)(H,28,29,32). The number of nitrogens with zero attached hydrogens (tertiary/aromatic N) is 4. The van der Waals surface area contributed by atoms with Crippen LogP contribution in [0.5, 0.6) is 0 Å². The van der Waals surface area contributed by atoms with Crippen LogP contribution in [-0.4, -0.2) is 70.3 Å². The molecule has 1 saturated heterocycles. The van der Waals surface area contributed by atoms with Crippen LogP contribution >= 0.6 is 11.6 Å². The van der Waals surface area contributed by atoms with E-state index in [-0.39, 0.29) is 36.8 Å². The summed E-state index contributed by atoms with van der Waals surface area (Å²) in [7, 11) is 0. The van der Waals surface area contributed by atoms with Crippen LogP contribution in [0.4, 0.5) is 15.0 Å². The van der Waals surface area contributed by atoms with Crippen molar-refractivity contribution < 1.29 is 23.4 Å². The van der Waals surface area contributed by atoms with Crippen LogP contribution < -0.4 is 10.6 Å². The van der Waals surface area contributed by atoms with E-state index in [2.05, 4.69) is 25.1 Å². The molecule has 1 aromatic carbocycles. The van der Waals surface area contributed by atoms with Gasteiger partial charge in [0.2, 0.25) is 0 Å². The van der Waals surface area contributed by atoms with Crippen molar-refractivity contribution in [2.24, 2.45) is 0 Å². The molecule has 6 bridgehead atoms. The summed E-state index contributed by atoms with van der Waals surface area (Å²) in [5.74, 6) is -0.498. The number of rotatable bonds is 0. The first-order chi connectivity index (χ1) is 17.5. The van der Waals surface area contributed by atoms with Crippen molar-refractivity contribution in [3.63, 3.8) is 0 Å². The van der Waals surface area contributed by atoms with E-state index in [9.17, 15) is 9.59 Å². The topological polar surface area (TPSA) is 135 Å². The molecular formula is C23H20ClFN6O5. The molecule has 7 rings (SSSR count). The Hall–Kier alpha value is -3.77. The Morgan fingerprint density at radius 1 is 1.19 bits per heavy atom. The molecule has 6 heterocycles. The van der Waals surface area contributed by atoms with Crippen LogP contribution in [0.1, 0.15) is 12.0 Å². The molecule has 0 amide bonds. The number of aromatic amines is 2. The van der Waals surface area contributed by atoms with Gasteiger partial charge in [-0.15, -0.1) is 0 Å². The number of ether oxygens (including phenoxy) is 3. The zero-order chi connectivity index (χ0) is 24.8. The monoisotopic (exact) mass is 514 g/mol. The second-order valence-corrected chi connectivity index (χ2v) is 8.99. The fraction of sp³-hybridized carbons (Fsp3) is 0.348. The van der Waals surface area contributed by atoms with Crippen molar-refractivity contribution in [3.05, 3.63) is 45.3 Å². The number of halogens is 2. The normalized spacial score (nSPS) is 18.8. The third-order valence-electron chi connectivity index (χ3n) is 6.32. The maximum atomic E-state index is 16.2. The minimum Gasteiger partial charge on any atom is -0.434 e. The molecule has 11 nitrogen and oxygen atoms in total. The lowest BCUT2D eigenvalue weighted by atomic mass is 9.95. The van der Waals surface area contributed by atoms with Gasteiger partial charge in [0.25, 0.3) is 0 Å². The minimum absolute atomic E-state index is 0.0173. The molecule has 3 aliphatic rings. The summed E-state index contributed by atoms with van der Waals surface area (Å²) in [6, 6.07) is 1.71. The summed E-state index contributed by atoms with van der Waals surface area (Å²) < 4.78 is 32.5. The number of hydrogen-bond acceptors (Lipinski definition) is 9. The number of aromatic nitrogens is 5. The summed E-state index contributed by atoms with van der Waals surface area (Å²) in [6.45, 7) is 1.03. The average molecular weight is 515 g/mol. The fourth-order valence-electron chi connectivity index (χ4n) is 4.72. The van der Waals surface area contributed by atoms with Gasteiger partial charge in [-0.05, 0) is 24.5 Å². The van der Waals surface area contributed by atoms with Crippen molar-refractivity contribution >= 4 is 45.4 Å². The number of pyridine rings is 1. The number of H-pyrrole nitrogens is 2. The van der Waals surface area contributed by atoms with Crippen LogP contribution in [0.15, 0.2) is 23.3 Å². The number of hydrogen-bond donors (Lipinski definition) is 2. The maximum absolute atomic E-state index is 16.2. The SMILES string of the molecule is O=C1OCCCc2c(Cl)cc3[nH]ncc3c2-c2ncc3c(nc(=O)[nH]c3c2F)N2CCOCC(C2)O1. The van der Waals surface area contributed by atoms with Gasteiger partial charge in [-0.25, -0.2) is 14.0 Å². The quantitative estimate of drug-likeness (QED) is 0.339. The van der Waals surface area contributed by atoms with Gasteiger partial charge in [0, 0.05) is 28.7 Å². The molecular weight excluding hydrogens is 495 g/mol. The average Bonchev–Trinajstić information content (AvgIpc) is 3.19. The zero-order valence-corrected chi connectivity index (χ0v) is 19.6. The molecule has 0 aliphatic carbocycles. The van der Waals surface area contributed by atoms with Crippen molar-refractivity contribution in [1.82, 2.24) is 25.1 Å². The second kappa shape index (κ2) is 9.03. The summed E-state index contributed by atoms with van der Waals surface area (Å²) in [5.41, 5.74) is 0.922. The number of carbonyl (C=O) groups excluding carboxylic acids is 1. The molecule has 1 atom stereocenters. The number of fused-ring (bicyclic) bond motifs is 7. The van der Waals surface area contributed by atoms with Crippen LogP contribution in [0, 0.1) is 5.82 Å². The molecule has 3 aromatic heterocycles. The van der Waals surface area contributed by atoms with Gasteiger partial charge in [0.1, 0.15) is 17.6 Å². The zero-order valence-electron chi connectivity index (χ0n) is 18.8. The summed E-state index contributed by atoms with van der Waals surface area (Å²) >= 11 is 6.60. The highest BCUT2D eigenvalue weighted by Crippen LogP contribution is 2.39. The smallest absolute Gasteiger partial charge is 0.434 e. The Balaban J connectivity index is 1.62. The van der Waals surface area contributed by atoms with E-state index < -0.39 is 23.8 Å². The van der Waals surface area contributed by atoms with E-state index >= 15 is 4.39 Å². The summed E-state index contributed by atoms with van der Waals surface area (Å²) in [4.78, 5) is 37.7. The predicted molar refractivity (Wildman–Crippen MR) is 128 cm³/mol. The highest BCUT2D eigenvalue weighted by atomic mass is 35.5. The van der Waals surface area contributed by atoms with E-state index in [1.807, 2.05) is 0 Å². The van der Waals surface area contributed by atoms with Crippen LogP contribution in [0.25, 0.3) is 33.1 Å². The second-order valence-electron chi connectivity index (χ2n) is 8.58. The molecule has 186 valence electrons. The van der Waals surface area contributed by atoms with E-state index in [1.54, 1.807) is 17.2 Å². The molecule has 13 heteroatoms. The highest BCUT2D eigenvalue weighted by Gasteiger charge is 2.28. The molecule has 0 radical (unpaired) electrons. The van der Waals surface area contributed by atoms with E-state index in [0.717, 1.165) is 0 Å². The first kappa shape index (κ1) is 22.7. The lowest BCUT2D eigenvalue weighted by Crippen LogP contribution is -2.37. The largest absolute Gasteiger partial charge is 0.508 e. The molecule has 4 aromatic rings. The van der Waals surface area contributed by atoms with Gasteiger partial charge in [0.05, 0.1) is 49.0 Å². The molecule has 1 fully saturated rings. The predicted octanol–water partition coefficient (Wildman–Crippen LogP) is 2.96. The lowest BCUT2D eigenvalue weighted by molar-refractivity contribution is -0.00447. The minimum atomic E-state index is -0.825. The Labute approximate surface area is 207 Å². The van der Waals surface area contributed by atoms with Gasteiger partial charge in [-0.3, -0.25) is 10.1 Å². The van der Waals surface area contributed by atoms with E-state index in [1.165, 1.54) is 6.20 Å². The van der Waals surface area contributed by atoms with Gasteiger partial charge in [-0.2, -0.15) is 10.1 Å². The first-order valence-electron chi connectivity index (χ1n) is 11.4. The highest BCUT2D eigenvalue weighted by molar-refractivity contribution is 6.33. The molecule has 36 heavy (non-hydrogen) atoms. The van der Waals surface area contributed by atoms with Gasteiger partial charge < -0.3 is 24.1 Å². The summed E-state index contributed by atoms with van der Waals surface area (Å²) in [5, 5.41) is 8.23. The molecule has 0 spiro atoms. The Kier molecular flexibility index (Phi) is 5.69. The van der Waals surface area contributed by atoms with E-state index in [4.69, 9.17) is 25.8 Å². The number of nitrogens with one attached hydrogen (secondary N) is 2. The first-order valence-corrected chi connectivity index (χ1v) is 11.8. The van der Waals surface area contributed by atoms with Crippen molar-refractivity contribution in [2.75, 3.05) is 37.8 Å². The molecule has 0 saturated carbocycles. The Morgan fingerprint density at radius 3 is 2.97 bits per heavy atom. The van der Waals surface area contributed by atoms with Crippen LogP contribution in [-0.2, 0) is 20.6 Å².